The molecule has 0 unspecified atom stereocenters. The summed E-state index contributed by atoms with van der Waals surface area (Å²) < 4.78 is 37.8. The number of carbonyl (C=O) groups excluding carboxylic acids is 1. The van der Waals surface area contributed by atoms with Crippen LogP contribution in [0.5, 0.6) is 0 Å². The summed E-state index contributed by atoms with van der Waals surface area (Å²) >= 11 is 0. The predicted molar refractivity (Wildman–Crippen MR) is 78.7 cm³/mol. The van der Waals surface area contributed by atoms with Crippen LogP contribution in [-0.2, 0) is 12.6 Å². The normalized spacial score (nSPS) is 13.5. The summed E-state index contributed by atoms with van der Waals surface area (Å²) in [4.78, 5) is 11.7. The van der Waals surface area contributed by atoms with Crippen molar-refractivity contribution in [3.63, 3.8) is 0 Å². The zero-order chi connectivity index (χ0) is 16.6. The van der Waals surface area contributed by atoms with Gasteiger partial charge in [-0.05, 0) is 46.9 Å². The van der Waals surface area contributed by atoms with Crippen molar-refractivity contribution >= 4 is 17.6 Å². The lowest BCUT2D eigenvalue weighted by atomic mass is 9.99. The molecule has 1 aliphatic carbocycles. The van der Waals surface area contributed by atoms with Crippen LogP contribution in [0.25, 0.3) is 11.6 Å². The Hall–Kier alpha value is -2.60. The number of halogens is 3. The maximum atomic E-state index is 12.6. The lowest BCUT2D eigenvalue weighted by molar-refractivity contribution is -0.137. The number of fused-ring (bicyclic) bond motifs is 1. The molecule has 6 heteroatoms. The maximum absolute atomic E-state index is 12.6. The topological polar surface area (TPSA) is 49.3 Å². The molecular formula is C17H12F3NO2. The Bertz CT molecular complexity index is 792. The lowest BCUT2D eigenvalue weighted by Gasteiger charge is -2.09. The summed E-state index contributed by atoms with van der Waals surface area (Å²) in [6, 6.07) is 10.0. The molecule has 1 amide bonds. The van der Waals surface area contributed by atoms with E-state index < -0.39 is 17.6 Å². The molecule has 0 saturated heterocycles. The first-order valence-corrected chi connectivity index (χ1v) is 6.84. The summed E-state index contributed by atoms with van der Waals surface area (Å²) in [5, 5.41) is 8.79. The summed E-state index contributed by atoms with van der Waals surface area (Å²) in [5.74, 6) is -0.607. The average molecular weight is 319 g/mol. The van der Waals surface area contributed by atoms with Gasteiger partial charge in [0.25, 0.3) is 5.91 Å². The third-order valence-electron chi connectivity index (χ3n) is 3.84. The monoisotopic (exact) mass is 319 g/mol. The highest BCUT2D eigenvalue weighted by Gasteiger charge is 2.30. The third-order valence-corrected chi connectivity index (χ3v) is 3.84. The molecule has 0 atom stereocenters. The smallest absolute Gasteiger partial charge is 0.288 e. The van der Waals surface area contributed by atoms with Crippen molar-refractivity contribution in [3.8, 4) is 0 Å². The molecule has 0 aliphatic heterocycles. The fraction of sp³-hybridized carbons (Fsp3) is 0.118. The van der Waals surface area contributed by atoms with Crippen LogP contribution in [0.2, 0.25) is 0 Å². The van der Waals surface area contributed by atoms with Crippen molar-refractivity contribution in [3.05, 3.63) is 70.3 Å². The predicted octanol–water partition coefficient (Wildman–Crippen LogP) is 3.92. The number of carbonyl (C=O) groups is 1. The number of hydroxylamine groups is 1. The molecule has 1 aliphatic rings. The van der Waals surface area contributed by atoms with E-state index in [-0.39, 0.29) is 0 Å². The van der Waals surface area contributed by atoms with Crippen molar-refractivity contribution in [2.24, 2.45) is 0 Å². The fourth-order valence-electron chi connectivity index (χ4n) is 2.70. The van der Waals surface area contributed by atoms with Gasteiger partial charge in [0.2, 0.25) is 0 Å². The summed E-state index contributed by atoms with van der Waals surface area (Å²) in [6.07, 6.45) is -2.10. The number of nitrogens with one attached hydrogen (secondary N) is 1. The van der Waals surface area contributed by atoms with Crippen molar-refractivity contribution < 1.29 is 23.2 Å². The van der Waals surface area contributed by atoms with Gasteiger partial charge < -0.3 is 0 Å². The second-order valence-corrected chi connectivity index (χ2v) is 5.24. The molecule has 2 N–H and O–H groups in total. The van der Waals surface area contributed by atoms with E-state index >= 15 is 0 Å². The molecule has 0 aromatic heterocycles. The van der Waals surface area contributed by atoms with Crippen LogP contribution in [0.15, 0.2) is 42.5 Å². The zero-order valence-corrected chi connectivity index (χ0v) is 11.8. The molecule has 118 valence electrons. The average Bonchev–Trinajstić information content (AvgIpc) is 2.97. The molecule has 2 aromatic rings. The Morgan fingerprint density at radius 1 is 1.09 bits per heavy atom. The molecular weight excluding hydrogens is 307 g/mol. The van der Waals surface area contributed by atoms with E-state index in [1.807, 2.05) is 12.1 Å². The van der Waals surface area contributed by atoms with Crippen LogP contribution < -0.4 is 5.48 Å². The summed E-state index contributed by atoms with van der Waals surface area (Å²) in [6.45, 7) is 0. The Morgan fingerprint density at radius 2 is 1.78 bits per heavy atom. The molecule has 0 radical (unpaired) electrons. The van der Waals surface area contributed by atoms with Gasteiger partial charge in [-0.2, -0.15) is 13.2 Å². The first-order valence-electron chi connectivity index (χ1n) is 6.84. The van der Waals surface area contributed by atoms with E-state index in [2.05, 4.69) is 0 Å². The second-order valence-electron chi connectivity index (χ2n) is 5.24. The first-order chi connectivity index (χ1) is 10.9. The minimum Gasteiger partial charge on any atom is -0.288 e. The molecule has 2 aromatic carbocycles. The second kappa shape index (κ2) is 5.55. The Labute approximate surface area is 130 Å². The van der Waals surface area contributed by atoms with Gasteiger partial charge in [-0.25, -0.2) is 5.48 Å². The van der Waals surface area contributed by atoms with E-state index in [4.69, 9.17) is 5.21 Å². The summed E-state index contributed by atoms with van der Waals surface area (Å²) in [5.41, 5.74) is 4.32. The number of allylic oxidation sites excluding steroid dienone is 1. The molecule has 0 fully saturated rings. The van der Waals surface area contributed by atoms with Crippen LogP contribution in [0, 0.1) is 0 Å². The van der Waals surface area contributed by atoms with Crippen LogP contribution in [0.3, 0.4) is 0 Å². The minimum absolute atomic E-state index is 0.350. The number of alkyl halides is 3. The quantitative estimate of drug-likeness (QED) is 0.651. The number of hydrogen-bond acceptors (Lipinski definition) is 2. The number of hydrogen-bond donors (Lipinski definition) is 2. The standard InChI is InChI=1S/C17H12F3NO2/c18-17(19,20)13-6-4-10(5-7-13)12-8-11-2-1-3-14(15(11)9-12)16(22)21-23/h1-8,23H,9H2,(H,21,22). The molecule has 0 heterocycles. The van der Waals surface area contributed by atoms with Gasteiger partial charge in [0, 0.05) is 5.56 Å². The molecule has 3 rings (SSSR count). The molecule has 3 nitrogen and oxygen atoms in total. The molecule has 23 heavy (non-hydrogen) atoms. The zero-order valence-electron chi connectivity index (χ0n) is 11.8. The molecule has 0 saturated carbocycles. The van der Waals surface area contributed by atoms with Crippen molar-refractivity contribution in [2.75, 3.05) is 0 Å². The summed E-state index contributed by atoms with van der Waals surface area (Å²) in [7, 11) is 0. The van der Waals surface area contributed by atoms with Gasteiger partial charge in [-0.1, -0.05) is 30.3 Å². The van der Waals surface area contributed by atoms with Gasteiger partial charge in [0.1, 0.15) is 0 Å². The first kappa shape index (κ1) is 15.3. The van der Waals surface area contributed by atoms with Crippen molar-refractivity contribution in [1.29, 1.82) is 0 Å². The van der Waals surface area contributed by atoms with E-state index in [1.165, 1.54) is 12.1 Å². The number of amides is 1. The van der Waals surface area contributed by atoms with Gasteiger partial charge >= 0.3 is 6.18 Å². The van der Waals surface area contributed by atoms with E-state index in [0.29, 0.717) is 17.5 Å². The van der Waals surface area contributed by atoms with Crippen LogP contribution in [0.1, 0.15) is 32.6 Å². The van der Waals surface area contributed by atoms with Crippen molar-refractivity contribution in [1.82, 2.24) is 5.48 Å². The highest BCUT2D eigenvalue weighted by atomic mass is 19.4. The number of rotatable bonds is 2. The molecule has 0 bridgehead atoms. The van der Waals surface area contributed by atoms with Gasteiger partial charge in [-0.15, -0.1) is 0 Å². The highest BCUT2D eigenvalue weighted by Crippen LogP contribution is 2.35. The third kappa shape index (κ3) is 2.85. The van der Waals surface area contributed by atoms with Crippen LogP contribution in [0.4, 0.5) is 13.2 Å². The Balaban J connectivity index is 1.91. The molecule has 0 spiro atoms. The van der Waals surface area contributed by atoms with Gasteiger partial charge in [0.05, 0.1) is 5.56 Å². The number of benzene rings is 2. The largest absolute Gasteiger partial charge is 0.416 e. The van der Waals surface area contributed by atoms with E-state index in [1.54, 1.807) is 17.6 Å². The van der Waals surface area contributed by atoms with E-state index in [0.717, 1.165) is 28.8 Å². The SMILES string of the molecule is O=C(NO)c1cccc2c1CC(c1ccc(C(F)(F)F)cc1)=C2. The van der Waals surface area contributed by atoms with Gasteiger partial charge in [-0.3, -0.25) is 10.0 Å². The Morgan fingerprint density at radius 3 is 2.39 bits per heavy atom. The maximum Gasteiger partial charge on any atom is 0.416 e. The van der Waals surface area contributed by atoms with E-state index in [9.17, 15) is 18.0 Å². The van der Waals surface area contributed by atoms with Crippen molar-refractivity contribution in [2.45, 2.75) is 12.6 Å². The highest BCUT2D eigenvalue weighted by molar-refractivity contribution is 5.99. The minimum atomic E-state index is -4.36. The fourth-order valence-corrected chi connectivity index (χ4v) is 2.70. The van der Waals surface area contributed by atoms with Gasteiger partial charge in [0.15, 0.2) is 0 Å². The van der Waals surface area contributed by atoms with Crippen LogP contribution in [-0.4, -0.2) is 11.1 Å². The Kier molecular flexibility index (Phi) is 3.69. The lowest BCUT2D eigenvalue weighted by Crippen LogP contribution is -2.20. The van der Waals surface area contributed by atoms with Crippen LogP contribution >= 0.6 is 0 Å².